The highest BCUT2D eigenvalue weighted by molar-refractivity contribution is 5.95. The number of hydrogen-bond donors (Lipinski definition) is 1. The van der Waals surface area contributed by atoms with Crippen molar-refractivity contribution in [3.05, 3.63) is 63.7 Å². The van der Waals surface area contributed by atoms with Crippen LogP contribution in [0.1, 0.15) is 28.9 Å². The first kappa shape index (κ1) is 19.4. The van der Waals surface area contributed by atoms with E-state index >= 15 is 0 Å². The zero-order valence-electron chi connectivity index (χ0n) is 15.4. The summed E-state index contributed by atoms with van der Waals surface area (Å²) in [5.41, 5.74) is 1.66. The molecule has 2 rings (SSSR count). The van der Waals surface area contributed by atoms with Crippen molar-refractivity contribution in [1.82, 2.24) is 4.90 Å². The lowest BCUT2D eigenvalue weighted by atomic mass is 10.1. The molecule has 0 amide bonds. The largest absolute Gasteiger partial charge is 0.497 e. The number of nitrogens with zero attached hydrogens (tertiary/aromatic N) is 2. The molecule has 0 aliphatic carbocycles. The number of carbonyl (C=O) groups is 1. The highest BCUT2D eigenvalue weighted by Gasteiger charge is 2.19. The molecule has 7 heteroatoms. The molecule has 0 radical (unpaired) electrons. The van der Waals surface area contributed by atoms with E-state index in [9.17, 15) is 14.9 Å². The number of nitro benzene ring substituents is 1. The Kier molecular flexibility index (Phi) is 6.30. The van der Waals surface area contributed by atoms with E-state index in [1.54, 1.807) is 19.2 Å². The van der Waals surface area contributed by atoms with Crippen molar-refractivity contribution in [3.63, 3.8) is 0 Å². The molecule has 0 spiro atoms. The van der Waals surface area contributed by atoms with E-state index in [2.05, 4.69) is 5.32 Å². The van der Waals surface area contributed by atoms with Crippen LogP contribution in [0.5, 0.6) is 5.75 Å². The van der Waals surface area contributed by atoms with Crippen LogP contribution in [0.4, 0.5) is 11.4 Å². The Morgan fingerprint density at radius 1 is 1.23 bits per heavy atom. The Morgan fingerprint density at radius 2 is 1.88 bits per heavy atom. The minimum Gasteiger partial charge on any atom is -0.497 e. The number of hydrogen-bond acceptors (Lipinski definition) is 6. The van der Waals surface area contributed by atoms with Gasteiger partial charge in [-0.25, -0.2) is 0 Å². The number of ether oxygens (including phenoxy) is 1. The molecule has 0 aromatic heterocycles. The van der Waals surface area contributed by atoms with Crippen molar-refractivity contribution >= 4 is 17.2 Å². The predicted molar refractivity (Wildman–Crippen MR) is 101 cm³/mol. The van der Waals surface area contributed by atoms with E-state index in [0.29, 0.717) is 17.8 Å². The summed E-state index contributed by atoms with van der Waals surface area (Å²) >= 11 is 0. The quantitative estimate of drug-likeness (QED) is 0.442. The van der Waals surface area contributed by atoms with Crippen molar-refractivity contribution in [3.8, 4) is 5.75 Å². The number of ketones is 1. The van der Waals surface area contributed by atoms with E-state index < -0.39 is 4.92 Å². The number of Topliss-reactive ketones (excluding diaryl/α,β-unsaturated/α-hetero) is 1. The number of rotatable bonds is 8. The van der Waals surface area contributed by atoms with E-state index in [4.69, 9.17) is 4.74 Å². The van der Waals surface area contributed by atoms with Crippen LogP contribution in [-0.4, -0.2) is 43.4 Å². The first-order valence-electron chi connectivity index (χ1n) is 8.17. The van der Waals surface area contributed by atoms with Gasteiger partial charge in [0.15, 0.2) is 5.78 Å². The summed E-state index contributed by atoms with van der Waals surface area (Å²) in [5.74, 6) is 0.568. The van der Waals surface area contributed by atoms with Gasteiger partial charge in [0.25, 0.3) is 5.69 Å². The number of benzene rings is 2. The molecule has 0 fully saturated rings. The lowest BCUT2D eigenvalue weighted by Crippen LogP contribution is -2.27. The fourth-order valence-electron chi connectivity index (χ4n) is 2.68. The maximum absolute atomic E-state index is 11.5. The van der Waals surface area contributed by atoms with Gasteiger partial charge in [-0.15, -0.1) is 0 Å². The molecular formula is C19H23N3O4. The molecule has 0 aliphatic heterocycles. The van der Waals surface area contributed by atoms with Gasteiger partial charge in [0.05, 0.1) is 18.1 Å². The zero-order chi connectivity index (χ0) is 19.3. The van der Waals surface area contributed by atoms with Gasteiger partial charge in [0.2, 0.25) is 0 Å². The maximum Gasteiger partial charge on any atom is 0.293 e. The van der Waals surface area contributed by atoms with Gasteiger partial charge in [0, 0.05) is 18.2 Å². The molecule has 2 aromatic rings. The Labute approximate surface area is 152 Å². The van der Waals surface area contributed by atoms with Gasteiger partial charge in [0.1, 0.15) is 11.4 Å². The predicted octanol–water partition coefficient (Wildman–Crippen LogP) is 3.52. The number of likely N-dealkylation sites (N-methyl/N-ethyl adjacent to an activating group) is 1. The standard InChI is InChI=1S/C19H23N3O4/c1-13(23)15-7-10-17(18(11-15)22(24)25)20-12-19(21(2)3)14-5-8-16(26-4)9-6-14/h5-11,19-20H,12H2,1-4H3/t19-/m1/s1. The lowest BCUT2D eigenvalue weighted by molar-refractivity contribution is -0.384. The average molecular weight is 357 g/mol. The highest BCUT2D eigenvalue weighted by atomic mass is 16.6. The molecule has 0 heterocycles. The van der Waals surface area contributed by atoms with Crippen molar-refractivity contribution in [2.75, 3.05) is 33.1 Å². The first-order valence-corrected chi connectivity index (χ1v) is 8.17. The van der Waals surface area contributed by atoms with Gasteiger partial charge in [-0.05, 0) is 50.8 Å². The second-order valence-corrected chi connectivity index (χ2v) is 6.18. The van der Waals surface area contributed by atoms with Crippen LogP contribution in [-0.2, 0) is 0 Å². The van der Waals surface area contributed by atoms with E-state index in [1.165, 1.54) is 13.0 Å². The summed E-state index contributed by atoms with van der Waals surface area (Å²) in [7, 11) is 5.51. The normalized spacial score (nSPS) is 11.9. The first-order chi connectivity index (χ1) is 12.3. The smallest absolute Gasteiger partial charge is 0.293 e. The zero-order valence-corrected chi connectivity index (χ0v) is 15.4. The number of carbonyl (C=O) groups excluding carboxylic acids is 1. The number of anilines is 1. The van der Waals surface area contributed by atoms with Gasteiger partial charge >= 0.3 is 0 Å². The monoisotopic (exact) mass is 357 g/mol. The van der Waals surface area contributed by atoms with Crippen LogP contribution in [0, 0.1) is 10.1 Å². The van der Waals surface area contributed by atoms with Crippen LogP contribution in [0.3, 0.4) is 0 Å². The SMILES string of the molecule is COc1ccc([C@@H](CNc2ccc(C(C)=O)cc2[N+](=O)[O-])N(C)C)cc1. The molecule has 0 bridgehead atoms. The molecule has 1 atom stereocenters. The van der Waals surface area contributed by atoms with E-state index in [0.717, 1.165) is 11.3 Å². The maximum atomic E-state index is 11.5. The lowest BCUT2D eigenvalue weighted by Gasteiger charge is -2.25. The Balaban J connectivity index is 2.23. The second kappa shape index (κ2) is 8.44. The minimum atomic E-state index is -0.479. The third kappa shape index (κ3) is 4.58. The summed E-state index contributed by atoms with van der Waals surface area (Å²) in [4.78, 5) is 24.4. The van der Waals surface area contributed by atoms with E-state index in [1.807, 2.05) is 43.3 Å². The van der Waals surface area contributed by atoms with Crippen LogP contribution in [0.15, 0.2) is 42.5 Å². The van der Waals surface area contributed by atoms with Gasteiger partial charge < -0.3 is 15.0 Å². The van der Waals surface area contributed by atoms with Crippen molar-refractivity contribution in [2.45, 2.75) is 13.0 Å². The Morgan fingerprint density at radius 3 is 2.38 bits per heavy atom. The summed E-state index contributed by atoms with van der Waals surface area (Å²) in [5, 5.41) is 14.5. The fraction of sp³-hybridized carbons (Fsp3) is 0.316. The third-order valence-electron chi connectivity index (χ3n) is 4.21. The van der Waals surface area contributed by atoms with Gasteiger partial charge in [-0.1, -0.05) is 12.1 Å². The van der Waals surface area contributed by atoms with Crippen molar-refractivity contribution < 1.29 is 14.5 Å². The van der Waals surface area contributed by atoms with Crippen molar-refractivity contribution in [1.29, 1.82) is 0 Å². The summed E-state index contributed by atoms with van der Waals surface area (Å²) in [6.07, 6.45) is 0. The summed E-state index contributed by atoms with van der Waals surface area (Å²) < 4.78 is 5.18. The number of nitrogens with one attached hydrogen (secondary N) is 1. The molecule has 0 saturated heterocycles. The number of methoxy groups -OCH3 is 1. The summed E-state index contributed by atoms with van der Waals surface area (Å²) in [6, 6.07) is 12.2. The summed E-state index contributed by atoms with van der Waals surface area (Å²) in [6.45, 7) is 1.86. The topological polar surface area (TPSA) is 84.7 Å². The molecule has 7 nitrogen and oxygen atoms in total. The van der Waals surface area contributed by atoms with Gasteiger partial charge in [-0.2, -0.15) is 0 Å². The van der Waals surface area contributed by atoms with Crippen LogP contribution in [0.2, 0.25) is 0 Å². The molecule has 1 N–H and O–H groups in total. The average Bonchev–Trinajstić information content (AvgIpc) is 2.62. The molecule has 0 unspecified atom stereocenters. The molecular weight excluding hydrogens is 334 g/mol. The fourth-order valence-corrected chi connectivity index (χ4v) is 2.68. The molecule has 138 valence electrons. The molecule has 0 aliphatic rings. The van der Waals surface area contributed by atoms with Crippen LogP contribution < -0.4 is 10.1 Å². The third-order valence-corrected chi connectivity index (χ3v) is 4.21. The minimum absolute atomic E-state index is 0.00740. The molecule has 2 aromatic carbocycles. The van der Waals surface area contributed by atoms with Crippen LogP contribution in [0.25, 0.3) is 0 Å². The van der Waals surface area contributed by atoms with Crippen LogP contribution >= 0.6 is 0 Å². The van der Waals surface area contributed by atoms with Crippen molar-refractivity contribution in [2.24, 2.45) is 0 Å². The Bertz CT molecular complexity index is 788. The number of nitro groups is 1. The molecule has 0 saturated carbocycles. The van der Waals surface area contributed by atoms with E-state index in [-0.39, 0.29) is 17.5 Å². The highest BCUT2D eigenvalue weighted by Crippen LogP contribution is 2.28. The molecule has 26 heavy (non-hydrogen) atoms. The van der Waals surface area contributed by atoms with Gasteiger partial charge in [-0.3, -0.25) is 14.9 Å². The second-order valence-electron chi connectivity index (χ2n) is 6.18. The Hall–Kier alpha value is -2.93.